The van der Waals surface area contributed by atoms with Gasteiger partial charge in [-0.05, 0) is 106 Å². The Balaban J connectivity index is 1.20. The highest BCUT2D eigenvalue weighted by atomic mass is 16.6. The van der Waals surface area contributed by atoms with E-state index in [0.717, 1.165) is 24.0 Å². The predicted octanol–water partition coefficient (Wildman–Crippen LogP) is 6.62. The van der Waals surface area contributed by atoms with Crippen LogP contribution in [-0.4, -0.2) is 52.0 Å². The molecule has 12 heteroatoms. The van der Waals surface area contributed by atoms with Gasteiger partial charge in [0.05, 0.1) is 5.56 Å². The lowest BCUT2D eigenvalue weighted by atomic mass is 9.81. The minimum Gasteiger partial charge on any atom is -0.457 e. The number of benzene rings is 3. The Morgan fingerprint density at radius 3 is 2.13 bits per heavy atom. The van der Waals surface area contributed by atoms with Crippen molar-refractivity contribution in [3.63, 3.8) is 0 Å². The summed E-state index contributed by atoms with van der Waals surface area (Å²) < 4.78 is 16.5. The van der Waals surface area contributed by atoms with Crippen LogP contribution in [0.4, 0.5) is 10.5 Å². The van der Waals surface area contributed by atoms with Gasteiger partial charge in [-0.3, -0.25) is 9.59 Å². The third-order valence-corrected chi connectivity index (χ3v) is 8.50. The zero-order valence-electron chi connectivity index (χ0n) is 29.7. The van der Waals surface area contributed by atoms with E-state index < -0.39 is 29.6 Å². The molecular formula is C40H45N5O7. The first-order valence-electron chi connectivity index (χ1n) is 17.4. The summed E-state index contributed by atoms with van der Waals surface area (Å²) in [5.74, 6) is -0.585. The second kappa shape index (κ2) is 17.9. The van der Waals surface area contributed by atoms with E-state index in [1.807, 2.05) is 63.2 Å². The van der Waals surface area contributed by atoms with Crippen molar-refractivity contribution in [1.82, 2.24) is 20.6 Å². The van der Waals surface area contributed by atoms with Crippen molar-refractivity contribution in [2.75, 3.05) is 11.9 Å². The van der Waals surface area contributed by atoms with Crippen molar-refractivity contribution in [1.29, 1.82) is 0 Å². The van der Waals surface area contributed by atoms with Crippen molar-refractivity contribution < 1.29 is 33.4 Å². The summed E-state index contributed by atoms with van der Waals surface area (Å²) in [5, 5.41) is 8.72. The molecular weight excluding hydrogens is 662 g/mol. The lowest BCUT2D eigenvalue weighted by Crippen LogP contribution is -2.48. The van der Waals surface area contributed by atoms with Crippen LogP contribution in [0.5, 0.6) is 11.8 Å². The predicted molar refractivity (Wildman–Crippen MR) is 195 cm³/mol. The quantitative estimate of drug-likeness (QED) is 0.130. The molecule has 3 amide bonds. The fourth-order valence-corrected chi connectivity index (χ4v) is 5.77. The smallest absolute Gasteiger partial charge is 0.407 e. The van der Waals surface area contributed by atoms with Gasteiger partial charge in [0.15, 0.2) is 0 Å². The van der Waals surface area contributed by atoms with Crippen molar-refractivity contribution in [2.24, 2.45) is 11.8 Å². The van der Waals surface area contributed by atoms with E-state index in [2.05, 4.69) is 25.9 Å². The molecule has 1 aliphatic rings. The first-order valence-corrected chi connectivity index (χ1v) is 17.4. The Kier molecular flexibility index (Phi) is 12.9. The van der Waals surface area contributed by atoms with E-state index in [-0.39, 0.29) is 36.8 Å². The summed E-state index contributed by atoms with van der Waals surface area (Å²) >= 11 is 0. The number of rotatable bonds is 13. The normalized spacial score (nSPS) is 16.1. The van der Waals surface area contributed by atoms with Gasteiger partial charge in [-0.1, -0.05) is 42.5 Å². The number of esters is 1. The van der Waals surface area contributed by atoms with Crippen LogP contribution in [0.1, 0.15) is 67.9 Å². The number of anilines is 1. The molecule has 1 fully saturated rings. The standard InChI is InChI=1S/C40H45N5O7/c1-40(2,3)52-39(49)43-25-28-10-14-30(15-11-28)35(46)45-34(24-27-12-20-33(21-13-27)51-38-41-22-7-23-42-38)36(47)44-32-18-16-31(17-19-32)37(48)50-26-29-8-5-4-6-9-29/h4-9,12-13,16-23,28,30,34H,10-11,14-15,24-26H2,1-3H3,(H,43,49)(H,44,47)(H,45,46)/t28?,30?,34-/m0/s1. The monoisotopic (exact) mass is 707 g/mol. The van der Waals surface area contributed by atoms with E-state index in [1.165, 1.54) is 0 Å². The highest BCUT2D eigenvalue weighted by Gasteiger charge is 2.30. The summed E-state index contributed by atoms with van der Waals surface area (Å²) in [5.41, 5.74) is 1.92. The van der Waals surface area contributed by atoms with Gasteiger partial charge < -0.3 is 30.2 Å². The second-order valence-electron chi connectivity index (χ2n) is 13.8. The Morgan fingerprint density at radius 2 is 1.48 bits per heavy atom. The van der Waals surface area contributed by atoms with Gasteiger partial charge in [0, 0.05) is 37.0 Å². The van der Waals surface area contributed by atoms with Gasteiger partial charge >= 0.3 is 18.1 Å². The van der Waals surface area contributed by atoms with Gasteiger partial charge in [-0.2, -0.15) is 0 Å². The molecule has 0 bridgehead atoms. The summed E-state index contributed by atoms with van der Waals surface area (Å²) in [7, 11) is 0. The average Bonchev–Trinajstić information content (AvgIpc) is 3.14. The van der Waals surface area contributed by atoms with Gasteiger partial charge in [-0.25, -0.2) is 19.6 Å². The number of aromatic nitrogens is 2. The van der Waals surface area contributed by atoms with E-state index in [0.29, 0.717) is 36.4 Å². The Bertz CT molecular complexity index is 1770. The highest BCUT2D eigenvalue weighted by molar-refractivity contribution is 5.98. The second-order valence-corrected chi connectivity index (χ2v) is 13.8. The number of amides is 3. The third kappa shape index (κ3) is 11.9. The largest absolute Gasteiger partial charge is 0.457 e. The molecule has 52 heavy (non-hydrogen) atoms. The van der Waals surface area contributed by atoms with Crippen molar-refractivity contribution >= 4 is 29.6 Å². The van der Waals surface area contributed by atoms with Crippen LogP contribution in [0.15, 0.2) is 97.3 Å². The molecule has 5 rings (SSSR count). The van der Waals surface area contributed by atoms with E-state index in [1.54, 1.807) is 54.9 Å². The van der Waals surface area contributed by atoms with Crippen LogP contribution in [0.25, 0.3) is 0 Å². The molecule has 4 aromatic rings. The maximum absolute atomic E-state index is 13.7. The van der Waals surface area contributed by atoms with Crippen LogP contribution >= 0.6 is 0 Å². The number of carbonyl (C=O) groups excluding carboxylic acids is 4. The minimum absolute atomic E-state index is 0.150. The number of alkyl carbamates (subject to hydrolysis) is 1. The molecule has 3 N–H and O–H groups in total. The summed E-state index contributed by atoms with van der Waals surface area (Å²) in [4.78, 5) is 60.1. The molecule has 0 saturated heterocycles. The summed E-state index contributed by atoms with van der Waals surface area (Å²) in [6, 6.07) is 24.0. The highest BCUT2D eigenvalue weighted by Crippen LogP contribution is 2.29. The van der Waals surface area contributed by atoms with Gasteiger partial charge in [-0.15, -0.1) is 0 Å². The Hall–Kier alpha value is -5.78. The van der Waals surface area contributed by atoms with Crippen LogP contribution in [0.2, 0.25) is 0 Å². The molecule has 0 radical (unpaired) electrons. The molecule has 1 atom stereocenters. The molecule has 0 aliphatic heterocycles. The number of nitrogens with zero attached hydrogens (tertiary/aromatic N) is 2. The summed E-state index contributed by atoms with van der Waals surface area (Å²) in [6.45, 7) is 6.08. The lowest BCUT2D eigenvalue weighted by Gasteiger charge is -2.29. The van der Waals surface area contributed by atoms with E-state index in [9.17, 15) is 19.2 Å². The number of nitrogens with one attached hydrogen (secondary N) is 3. The molecule has 12 nitrogen and oxygen atoms in total. The maximum atomic E-state index is 13.7. The molecule has 3 aromatic carbocycles. The van der Waals surface area contributed by atoms with E-state index >= 15 is 0 Å². The van der Waals surface area contributed by atoms with Crippen LogP contribution < -0.4 is 20.7 Å². The molecule has 272 valence electrons. The van der Waals surface area contributed by atoms with Crippen molar-refractivity contribution in [2.45, 2.75) is 71.1 Å². The Labute approximate surface area is 303 Å². The number of carbonyl (C=O) groups is 4. The Morgan fingerprint density at radius 1 is 0.808 bits per heavy atom. The van der Waals surface area contributed by atoms with Crippen molar-refractivity contribution in [3.8, 4) is 11.8 Å². The molecule has 1 aromatic heterocycles. The molecule has 1 saturated carbocycles. The molecule has 1 aliphatic carbocycles. The van der Waals surface area contributed by atoms with Gasteiger partial charge in [0.2, 0.25) is 11.8 Å². The fourth-order valence-electron chi connectivity index (χ4n) is 5.77. The third-order valence-electron chi connectivity index (χ3n) is 8.50. The zero-order valence-corrected chi connectivity index (χ0v) is 29.7. The first kappa shape index (κ1) is 37.5. The van der Waals surface area contributed by atoms with Crippen LogP contribution in [-0.2, 0) is 32.1 Å². The summed E-state index contributed by atoms with van der Waals surface area (Å²) in [6.07, 6.45) is 5.73. The van der Waals surface area contributed by atoms with Gasteiger partial charge in [0.25, 0.3) is 0 Å². The lowest BCUT2D eigenvalue weighted by molar-refractivity contribution is -0.130. The first-order chi connectivity index (χ1) is 25.0. The topological polar surface area (TPSA) is 158 Å². The SMILES string of the molecule is CC(C)(C)OC(=O)NCC1CCC(C(=O)N[C@@H](Cc2ccc(Oc3ncccn3)cc2)C(=O)Nc2ccc(C(=O)OCc3ccccc3)cc2)CC1. The van der Waals surface area contributed by atoms with Crippen molar-refractivity contribution in [3.05, 3.63) is 114 Å². The van der Waals surface area contributed by atoms with Gasteiger partial charge in [0.1, 0.15) is 24.0 Å². The number of ether oxygens (including phenoxy) is 3. The van der Waals surface area contributed by atoms with Crippen LogP contribution in [0.3, 0.4) is 0 Å². The number of hydrogen-bond donors (Lipinski definition) is 3. The number of hydrogen-bond acceptors (Lipinski definition) is 9. The average molecular weight is 708 g/mol. The zero-order chi connectivity index (χ0) is 36.9. The minimum atomic E-state index is -0.890. The molecule has 0 unspecified atom stereocenters. The molecule has 0 spiro atoms. The molecule has 1 heterocycles. The fraction of sp³-hybridized carbons (Fsp3) is 0.350. The maximum Gasteiger partial charge on any atom is 0.407 e. The van der Waals surface area contributed by atoms with E-state index in [4.69, 9.17) is 14.2 Å². The van der Waals surface area contributed by atoms with Crippen LogP contribution in [0, 0.1) is 11.8 Å².